The highest BCUT2D eigenvalue weighted by molar-refractivity contribution is 5.87. The predicted molar refractivity (Wildman–Crippen MR) is 241 cm³/mol. The number of aliphatic hydroxyl groups is 1. The molecule has 0 rings (SSSR count). The van der Waals surface area contributed by atoms with E-state index in [1.165, 1.54) is 161 Å². The summed E-state index contributed by atoms with van der Waals surface area (Å²) in [6.07, 6.45) is 48.1. The molecular weight excluding hydrogens is 729 g/mol. The second-order valence-electron chi connectivity index (χ2n) is 16.9. The van der Waals surface area contributed by atoms with Gasteiger partial charge in [0.2, 0.25) is 11.8 Å². The van der Waals surface area contributed by atoms with Crippen LogP contribution in [0.15, 0.2) is 12.2 Å². The first-order valence-corrected chi connectivity index (χ1v) is 24.6. The molecule has 0 aliphatic carbocycles. The summed E-state index contributed by atoms with van der Waals surface area (Å²) in [6.45, 7) is 3.50. The lowest BCUT2D eigenvalue weighted by Crippen LogP contribution is -2.47. The Morgan fingerprint density at radius 3 is 1.29 bits per heavy atom. The third-order valence-corrected chi connectivity index (χ3v) is 11.3. The number of aliphatic hydroxyl groups excluding tert-OH is 1. The lowest BCUT2D eigenvalue weighted by Gasteiger charge is -2.18. The summed E-state index contributed by atoms with van der Waals surface area (Å²) in [5.74, 6) is -2.27. The number of carboxylic acids is 1. The number of nitrogens with one attached hydrogen (secondary N) is 2. The number of aliphatic carboxylic acids is 1. The molecule has 0 aliphatic rings. The van der Waals surface area contributed by atoms with Gasteiger partial charge in [-0.25, -0.2) is 4.79 Å². The molecule has 0 saturated heterocycles. The number of amides is 2. The molecule has 0 bridgehead atoms. The number of hydrogen-bond acceptors (Lipinski definition) is 6. The molecule has 4 N–H and O–H groups in total. The van der Waals surface area contributed by atoms with E-state index in [9.17, 15) is 19.2 Å². The Labute approximate surface area is 356 Å². The van der Waals surface area contributed by atoms with Gasteiger partial charge < -0.3 is 25.6 Å². The fraction of sp³-hybridized carbons (Fsp3) is 0.878. The number of esters is 1. The van der Waals surface area contributed by atoms with E-state index in [4.69, 9.17) is 14.9 Å². The Bertz CT molecular complexity index is 988. The van der Waals surface area contributed by atoms with Crippen LogP contribution in [-0.2, 0) is 23.9 Å². The van der Waals surface area contributed by atoms with E-state index in [2.05, 4.69) is 36.6 Å². The molecule has 2 unspecified atom stereocenters. The maximum absolute atomic E-state index is 12.8. The second kappa shape index (κ2) is 44.1. The number of allylic oxidation sites excluding steroid dienone is 2. The van der Waals surface area contributed by atoms with Crippen LogP contribution in [0, 0.1) is 0 Å². The molecule has 0 aromatic carbocycles. The van der Waals surface area contributed by atoms with Crippen LogP contribution in [0.25, 0.3) is 0 Å². The van der Waals surface area contributed by atoms with Crippen LogP contribution in [0.5, 0.6) is 0 Å². The largest absolute Gasteiger partial charge is 0.480 e. The maximum atomic E-state index is 12.8. The van der Waals surface area contributed by atoms with Crippen LogP contribution >= 0.6 is 0 Å². The van der Waals surface area contributed by atoms with Gasteiger partial charge in [0.05, 0.1) is 13.2 Å². The Hall–Kier alpha value is -2.42. The van der Waals surface area contributed by atoms with Gasteiger partial charge in [-0.2, -0.15) is 0 Å². The highest BCUT2D eigenvalue weighted by Gasteiger charge is 2.19. The van der Waals surface area contributed by atoms with E-state index >= 15 is 0 Å². The van der Waals surface area contributed by atoms with Crippen molar-refractivity contribution in [2.24, 2.45) is 0 Å². The summed E-state index contributed by atoms with van der Waals surface area (Å²) in [5.41, 5.74) is 0. The number of ether oxygens (including phenoxy) is 1. The normalized spacial score (nSPS) is 12.5. The topological polar surface area (TPSA) is 142 Å². The first kappa shape index (κ1) is 55.6. The fourth-order valence-corrected chi connectivity index (χ4v) is 7.48. The minimum atomic E-state index is -1.38. The molecule has 0 radical (unpaired) electrons. The third kappa shape index (κ3) is 40.4. The first-order valence-electron chi connectivity index (χ1n) is 24.6. The predicted octanol–water partition coefficient (Wildman–Crippen LogP) is 12.6. The maximum Gasteiger partial charge on any atom is 0.328 e. The number of carbonyl (C=O) groups is 4. The number of carbonyl (C=O) groups excluding carboxylic acids is 3. The molecule has 2 atom stereocenters. The molecule has 0 fully saturated rings. The summed E-state index contributed by atoms with van der Waals surface area (Å²) in [5, 5.41) is 22.6. The zero-order valence-corrected chi connectivity index (χ0v) is 37.8. The van der Waals surface area contributed by atoms with Crippen molar-refractivity contribution in [3.05, 3.63) is 12.2 Å². The van der Waals surface area contributed by atoms with Crippen LogP contribution in [-0.4, -0.2) is 59.3 Å². The fourth-order valence-electron chi connectivity index (χ4n) is 7.48. The Morgan fingerprint density at radius 2 is 0.879 bits per heavy atom. The number of carboxylic acid groups (broad SMARTS) is 1. The summed E-state index contributed by atoms with van der Waals surface area (Å²) >= 11 is 0. The van der Waals surface area contributed by atoms with E-state index in [-0.39, 0.29) is 24.5 Å². The van der Waals surface area contributed by atoms with Crippen LogP contribution < -0.4 is 10.6 Å². The zero-order valence-electron chi connectivity index (χ0n) is 37.8. The molecule has 58 heavy (non-hydrogen) atoms. The quantitative estimate of drug-likeness (QED) is 0.0272. The summed E-state index contributed by atoms with van der Waals surface area (Å²) in [7, 11) is 0. The average molecular weight is 821 g/mol. The Kier molecular flexibility index (Phi) is 42.3. The number of unbranched alkanes of at least 4 members (excludes halogenated alkanes) is 29. The van der Waals surface area contributed by atoms with Crippen molar-refractivity contribution in [3.63, 3.8) is 0 Å². The smallest absolute Gasteiger partial charge is 0.328 e. The van der Waals surface area contributed by atoms with E-state index in [0.29, 0.717) is 19.3 Å². The van der Waals surface area contributed by atoms with Crippen molar-refractivity contribution in [3.8, 4) is 0 Å². The van der Waals surface area contributed by atoms with E-state index in [0.717, 1.165) is 57.8 Å². The van der Waals surface area contributed by atoms with E-state index in [1.807, 2.05) is 0 Å². The van der Waals surface area contributed by atoms with Crippen LogP contribution in [0.4, 0.5) is 0 Å². The van der Waals surface area contributed by atoms with Gasteiger partial charge in [-0.1, -0.05) is 187 Å². The molecule has 0 saturated carbocycles. The van der Waals surface area contributed by atoms with E-state index in [1.54, 1.807) is 0 Å². The van der Waals surface area contributed by atoms with Gasteiger partial charge in [0.25, 0.3) is 0 Å². The SMILES string of the molecule is CCCCCCCC/C=C\CCCCCCCCCCCC(=O)OC(CCCCCCCCCCCCC)CCCCCCCC(=O)NCC(=O)NC(CO)C(=O)O. The van der Waals surface area contributed by atoms with Crippen LogP contribution in [0.2, 0.25) is 0 Å². The second-order valence-corrected chi connectivity index (χ2v) is 16.9. The van der Waals surface area contributed by atoms with Gasteiger partial charge in [0.1, 0.15) is 12.1 Å². The van der Waals surface area contributed by atoms with Gasteiger partial charge in [-0.3, -0.25) is 14.4 Å². The molecule has 9 heteroatoms. The number of rotatable bonds is 45. The van der Waals surface area contributed by atoms with Gasteiger partial charge in [0.15, 0.2) is 0 Å². The molecular formula is C49H92N2O7. The zero-order chi connectivity index (χ0) is 42.6. The Balaban J connectivity index is 4.21. The highest BCUT2D eigenvalue weighted by atomic mass is 16.5. The summed E-state index contributed by atoms with van der Waals surface area (Å²) in [4.78, 5) is 47.7. The minimum Gasteiger partial charge on any atom is -0.480 e. The minimum absolute atomic E-state index is 0.00893. The van der Waals surface area contributed by atoms with Crippen molar-refractivity contribution in [2.45, 2.75) is 264 Å². The number of hydrogen-bond donors (Lipinski definition) is 4. The molecule has 9 nitrogen and oxygen atoms in total. The Morgan fingerprint density at radius 1 is 0.500 bits per heavy atom. The van der Waals surface area contributed by atoms with Crippen molar-refractivity contribution in [1.82, 2.24) is 10.6 Å². The molecule has 0 aromatic rings. The van der Waals surface area contributed by atoms with Gasteiger partial charge in [-0.05, 0) is 64.2 Å². The standard InChI is InChI=1S/C49H92N2O7/c1-3-5-7-9-11-13-15-16-17-18-19-20-21-22-24-26-28-33-37-41-48(55)58-44(38-34-30-27-25-23-14-12-10-8-6-4-2)39-35-31-29-32-36-40-46(53)50-42-47(54)51-45(43-52)49(56)57/h16-17,44-45,52H,3-15,18-43H2,1-2H3,(H,50,53)(H,51,54)(H,56,57)/b17-16-. The highest BCUT2D eigenvalue weighted by Crippen LogP contribution is 2.19. The molecule has 0 aliphatic heterocycles. The lowest BCUT2D eigenvalue weighted by atomic mass is 10.0. The molecule has 340 valence electrons. The lowest BCUT2D eigenvalue weighted by molar-refractivity contribution is -0.150. The van der Waals surface area contributed by atoms with Crippen LogP contribution in [0.3, 0.4) is 0 Å². The molecule has 2 amide bonds. The molecule has 0 heterocycles. The van der Waals surface area contributed by atoms with Gasteiger partial charge >= 0.3 is 11.9 Å². The average Bonchev–Trinajstić information content (AvgIpc) is 3.21. The monoisotopic (exact) mass is 821 g/mol. The van der Waals surface area contributed by atoms with E-state index < -0.39 is 24.5 Å². The summed E-state index contributed by atoms with van der Waals surface area (Å²) < 4.78 is 6.05. The third-order valence-electron chi connectivity index (χ3n) is 11.3. The van der Waals surface area contributed by atoms with Crippen molar-refractivity contribution in [2.75, 3.05) is 13.2 Å². The van der Waals surface area contributed by atoms with Crippen molar-refractivity contribution < 1.29 is 34.1 Å². The van der Waals surface area contributed by atoms with Crippen molar-refractivity contribution in [1.29, 1.82) is 0 Å². The van der Waals surface area contributed by atoms with Gasteiger partial charge in [0, 0.05) is 12.8 Å². The van der Waals surface area contributed by atoms with Crippen LogP contribution in [0.1, 0.15) is 251 Å². The molecule has 0 spiro atoms. The van der Waals surface area contributed by atoms with Crippen molar-refractivity contribution >= 4 is 23.8 Å². The van der Waals surface area contributed by atoms with Gasteiger partial charge in [-0.15, -0.1) is 0 Å². The first-order chi connectivity index (χ1) is 28.3. The summed E-state index contributed by atoms with van der Waals surface area (Å²) in [6, 6.07) is -1.38. The molecule has 0 aromatic heterocycles.